The van der Waals surface area contributed by atoms with Gasteiger partial charge in [-0.25, -0.2) is 14.4 Å². The molecular formula is C34H19N5O2. The highest BCUT2D eigenvalue weighted by molar-refractivity contribution is 6.13. The second-order valence-electron chi connectivity index (χ2n) is 10.1. The third kappa shape index (κ3) is 3.08. The van der Waals surface area contributed by atoms with Crippen molar-refractivity contribution in [1.82, 2.24) is 23.9 Å². The Labute approximate surface area is 231 Å². The smallest absolute Gasteiger partial charge is 0.310 e. The second kappa shape index (κ2) is 8.09. The van der Waals surface area contributed by atoms with Gasteiger partial charge >= 0.3 is 5.84 Å². The summed E-state index contributed by atoms with van der Waals surface area (Å²) in [4.78, 5) is 28.5. The van der Waals surface area contributed by atoms with Crippen LogP contribution in [0, 0.1) is 0 Å². The van der Waals surface area contributed by atoms with Crippen LogP contribution >= 0.6 is 0 Å². The Morgan fingerprint density at radius 2 is 1.29 bits per heavy atom. The van der Waals surface area contributed by atoms with Crippen LogP contribution in [-0.4, -0.2) is 23.9 Å². The lowest BCUT2D eigenvalue weighted by molar-refractivity contribution is 0.616. The molecule has 192 valence electrons. The average Bonchev–Trinajstić information content (AvgIpc) is 3.54. The third-order valence-electron chi connectivity index (χ3n) is 7.78. The van der Waals surface area contributed by atoms with Crippen LogP contribution in [0.3, 0.4) is 0 Å². The van der Waals surface area contributed by atoms with Gasteiger partial charge in [-0.1, -0.05) is 78.9 Å². The Balaban J connectivity index is 1.43. The van der Waals surface area contributed by atoms with E-state index in [2.05, 4.69) is 34.9 Å². The molecule has 0 spiro atoms. The molecule has 41 heavy (non-hydrogen) atoms. The van der Waals surface area contributed by atoms with Crippen molar-refractivity contribution in [3.05, 3.63) is 126 Å². The largest absolute Gasteiger partial charge is 0.424 e. The summed E-state index contributed by atoms with van der Waals surface area (Å²) in [6.45, 7) is 0. The van der Waals surface area contributed by atoms with E-state index in [1.54, 1.807) is 16.5 Å². The lowest BCUT2D eigenvalue weighted by atomic mass is 10.1. The highest BCUT2D eigenvalue weighted by Gasteiger charge is 2.20. The fraction of sp³-hybridized carbons (Fsp3) is 0. The first kappa shape index (κ1) is 22.0. The van der Waals surface area contributed by atoms with Gasteiger partial charge in [-0.15, -0.1) is 0 Å². The number of fused-ring (bicyclic) bond motifs is 8. The zero-order chi connectivity index (χ0) is 27.1. The molecule has 0 N–H and O–H groups in total. The van der Waals surface area contributed by atoms with Gasteiger partial charge in [0.15, 0.2) is 0 Å². The summed E-state index contributed by atoms with van der Waals surface area (Å²) in [6, 6.07) is 37.7. The molecule has 9 rings (SSSR count). The van der Waals surface area contributed by atoms with E-state index in [-0.39, 0.29) is 11.4 Å². The van der Waals surface area contributed by atoms with Crippen LogP contribution in [0.5, 0.6) is 0 Å². The van der Waals surface area contributed by atoms with Crippen molar-refractivity contribution < 1.29 is 4.42 Å². The van der Waals surface area contributed by atoms with E-state index in [1.807, 2.05) is 72.8 Å². The summed E-state index contributed by atoms with van der Waals surface area (Å²) in [5.74, 6) is 0.819. The summed E-state index contributed by atoms with van der Waals surface area (Å²) in [5, 5.41) is 3.53. The predicted molar refractivity (Wildman–Crippen MR) is 162 cm³/mol. The maximum Gasteiger partial charge on any atom is 0.310 e. The molecule has 9 aromatic rings. The first-order chi connectivity index (χ1) is 20.2. The van der Waals surface area contributed by atoms with Crippen LogP contribution in [0.15, 0.2) is 124 Å². The normalized spacial score (nSPS) is 12.0. The van der Waals surface area contributed by atoms with Crippen LogP contribution in [0.4, 0.5) is 0 Å². The number of hydrogen-bond acceptors (Lipinski definition) is 5. The number of aromatic nitrogens is 5. The SMILES string of the molecule is O=c1c2ccccc2oc2nc3cc4c5ccccc5n(-c5nc(-c6ccccc6)c6ccccc6n5)c4cc3n12. The summed E-state index contributed by atoms with van der Waals surface area (Å²) in [6.07, 6.45) is 0. The number of rotatable bonds is 2. The molecule has 0 amide bonds. The van der Waals surface area contributed by atoms with Crippen molar-refractivity contribution in [3.8, 4) is 17.2 Å². The minimum absolute atomic E-state index is 0.167. The number of nitrogens with zero attached hydrogens (tertiary/aromatic N) is 5. The van der Waals surface area contributed by atoms with E-state index in [4.69, 9.17) is 19.4 Å². The minimum atomic E-state index is -0.167. The topological polar surface area (TPSA) is 78.2 Å². The minimum Gasteiger partial charge on any atom is -0.424 e. The van der Waals surface area contributed by atoms with Crippen LogP contribution < -0.4 is 5.56 Å². The molecule has 0 saturated carbocycles. The van der Waals surface area contributed by atoms with E-state index in [0.717, 1.165) is 44.0 Å². The summed E-state index contributed by atoms with van der Waals surface area (Å²) < 4.78 is 9.68. The van der Waals surface area contributed by atoms with Gasteiger partial charge in [0.25, 0.3) is 5.56 Å². The lowest BCUT2D eigenvalue weighted by Gasteiger charge is -2.11. The first-order valence-electron chi connectivity index (χ1n) is 13.3. The van der Waals surface area contributed by atoms with Crippen LogP contribution in [-0.2, 0) is 0 Å². The zero-order valence-corrected chi connectivity index (χ0v) is 21.5. The molecule has 7 heteroatoms. The Bertz CT molecular complexity index is 2560. The Morgan fingerprint density at radius 3 is 2.17 bits per heavy atom. The van der Waals surface area contributed by atoms with Crippen molar-refractivity contribution in [2.75, 3.05) is 0 Å². The van der Waals surface area contributed by atoms with Crippen molar-refractivity contribution in [1.29, 1.82) is 0 Å². The molecule has 0 radical (unpaired) electrons. The first-order valence-corrected chi connectivity index (χ1v) is 13.3. The monoisotopic (exact) mass is 529 g/mol. The maximum absolute atomic E-state index is 13.6. The van der Waals surface area contributed by atoms with Crippen LogP contribution in [0.2, 0.25) is 0 Å². The molecule has 0 unspecified atom stereocenters. The highest BCUT2D eigenvalue weighted by atomic mass is 16.3. The molecule has 5 aromatic carbocycles. The second-order valence-corrected chi connectivity index (χ2v) is 10.1. The van der Waals surface area contributed by atoms with Gasteiger partial charge in [-0.2, -0.15) is 4.98 Å². The van der Waals surface area contributed by atoms with Crippen LogP contribution in [0.1, 0.15) is 0 Å². The summed E-state index contributed by atoms with van der Waals surface area (Å²) in [5.41, 5.74) is 6.27. The standard InChI is InChI=1S/C34H19N5O2/c40-32-23-14-6-9-17-30(23)41-34-36-26-18-24-21-12-5-8-16-27(21)38(28(24)19-29(26)39(32)34)33-35-25-15-7-4-13-22(25)31(37-33)20-10-2-1-3-11-20/h1-19H. The Kier molecular flexibility index (Phi) is 4.35. The summed E-state index contributed by atoms with van der Waals surface area (Å²) >= 11 is 0. The van der Waals surface area contributed by atoms with Gasteiger partial charge in [-0.05, 0) is 36.4 Å². The van der Waals surface area contributed by atoms with Gasteiger partial charge in [0, 0.05) is 21.7 Å². The number of para-hydroxylation sites is 3. The molecule has 7 nitrogen and oxygen atoms in total. The molecule has 4 heterocycles. The highest BCUT2D eigenvalue weighted by Crippen LogP contribution is 2.35. The number of imidazole rings is 1. The van der Waals surface area contributed by atoms with Gasteiger partial charge < -0.3 is 4.42 Å². The van der Waals surface area contributed by atoms with E-state index >= 15 is 0 Å². The van der Waals surface area contributed by atoms with Gasteiger partial charge in [0.2, 0.25) is 5.95 Å². The zero-order valence-electron chi connectivity index (χ0n) is 21.5. The Hall–Kier alpha value is -5.82. The molecule has 0 atom stereocenters. The molecule has 4 aromatic heterocycles. The van der Waals surface area contributed by atoms with Crippen LogP contribution in [0.25, 0.3) is 77.8 Å². The van der Waals surface area contributed by atoms with Gasteiger partial charge in [0.05, 0.1) is 38.7 Å². The molecule has 0 bridgehead atoms. The molecular weight excluding hydrogens is 510 g/mol. The van der Waals surface area contributed by atoms with E-state index < -0.39 is 0 Å². The van der Waals surface area contributed by atoms with Gasteiger partial charge in [-0.3, -0.25) is 9.36 Å². The lowest BCUT2D eigenvalue weighted by Crippen LogP contribution is -2.12. The fourth-order valence-corrected chi connectivity index (χ4v) is 5.93. The predicted octanol–water partition coefficient (Wildman–Crippen LogP) is 7.30. The third-order valence-corrected chi connectivity index (χ3v) is 7.78. The quantitative estimate of drug-likeness (QED) is 0.235. The van der Waals surface area contributed by atoms with E-state index in [0.29, 0.717) is 28.0 Å². The van der Waals surface area contributed by atoms with Crippen molar-refractivity contribution >= 4 is 60.6 Å². The molecule has 0 fully saturated rings. The van der Waals surface area contributed by atoms with Crippen molar-refractivity contribution in [2.45, 2.75) is 0 Å². The van der Waals surface area contributed by atoms with Crippen molar-refractivity contribution in [3.63, 3.8) is 0 Å². The Morgan fingerprint density at radius 1 is 0.561 bits per heavy atom. The van der Waals surface area contributed by atoms with E-state index in [1.165, 1.54) is 0 Å². The molecule has 0 aliphatic heterocycles. The summed E-state index contributed by atoms with van der Waals surface area (Å²) in [7, 11) is 0. The van der Waals surface area contributed by atoms with E-state index in [9.17, 15) is 4.79 Å². The number of benzene rings is 5. The fourth-order valence-electron chi connectivity index (χ4n) is 5.93. The molecule has 0 aliphatic rings. The molecule has 0 aliphatic carbocycles. The van der Waals surface area contributed by atoms with Crippen molar-refractivity contribution in [2.24, 2.45) is 0 Å². The average molecular weight is 530 g/mol. The molecule has 0 saturated heterocycles. The number of hydrogen-bond donors (Lipinski definition) is 0. The maximum atomic E-state index is 13.6. The van der Waals surface area contributed by atoms with Gasteiger partial charge in [0.1, 0.15) is 5.58 Å².